The predicted octanol–water partition coefficient (Wildman–Crippen LogP) is 3.48. The second kappa shape index (κ2) is 5.49. The Bertz CT molecular complexity index is 442. The fourth-order valence-electron chi connectivity index (χ4n) is 3.38. The number of aryl methyl sites for hydroxylation is 1. The van der Waals surface area contributed by atoms with Crippen LogP contribution in [0.3, 0.4) is 0 Å². The third-order valence-corrected chi connectivity index (χ3v) is 3.81. The molecule has 3 heteroatoms. The van der Waals surface area contributed by atoms with Crippen molar-refractivity contribution >= 4 is 0 Å². The monoisotopic (exact) mass is 263 g/mol. The lowest BCUT2D eigenvalue weighted by atomic mass is 9.71. The van der Waals surface area contributed by atoms with Gasteiger partial charge in [-0.25, -0.2) is 4.98 Å². The van der Waals surface area contributed by atoms with Crippen LogP contribution in [0.1, 0.15) is 51.3 Å². The summed E-state index contributed by atoms with van der Waals surface area (Å²) in [6, 6.07) is 3.74. The predicted molar refractivity (Wildman–Crippen MR) is 76.1 cm³/mol. The topological polar surface area (TPSA) is 42.4 Å². The highest BCUT2D eigenvalue weighted by atomic mass is 16.5. The van der Waals surface area contributed by atoms with Gasteiger partial charge < -0.3 is 9.84 Å². The van der Waals surface area contributed by atoms with Gasteiger partial charge in [0.05, 0.1) is 6.61 Å². The molecule has 0 spiro atoms. The molecule has 0 amide bonds. The zero-order valence-corrected chi connectivity index (χ0v) is 12.4. The molecule has 2 atom stereocenters. The fraction of sp³-hybridized carbons (Fsp3) is 0.688. The molecule has 3 nitrogen and oxygen atoms in total. The SMILES string of the molecule is Cc1cc(CO)cc(OC2CC(C)CC(C)(C)C2)n1. The maximum Gasteiger partial charge on any atom is 0.214 e. The van der Waals surface area contributed by atoms with Crippen LogP contribution in [0.4, 0.5) is 0 Å². The summed E-state index contributed by atoms with van der Waals surface area (Å²) in [4.78, 5) is 4.42. The van der Waals surface area contributed by atoms with Gasteiger partial charge in [-0.15, -0.1) is 0 Å². The lowest BCUT2D eigenvalue weighted by Gasteiger charge is -2.38. The van der Waals surface area contributed by atoms with E-state index >= 15 is 0 Å². The Morgan fingerprint density at radius 1 is 1.37 bits per heavy atom. The lowest BCUT2D eigenvalue weighted by Crippen LogP contribution is -2.34. The van der Waals surface area contributed by atoms with Gasteiger partial charge in [0, 0.05) is 11.8 Å². The number of hydrogen-bond donors (Lipinski definition) is 1. The van der Waals surface area contributed by atoms with Gasteiger partial charge in [0.15, 0.2) is 0 Å². The molecular weight excluding hydrogens is 238 g/mol. The summed E-state index contributed by atoms with van der Waals surface area (Å²) in [7, 11) is 0. The summed E-state index contributed by atoms with van der Waals surface area (Å²) in [6.45, 7) is 8.87. The van der Waals surface area contributed by atoms with Crippen LogP contribution in [-0.4, -0.2) is 16.2 Å². The highest BCUT2D eigenvalue weighted by molar-refractivity contribution is 5.24. The van der Waals surface area contributed by atoms with Crippen LogP contribution >= 0.6 is 0 Å². The number of aliphatic hydroxyl groups is 1. The van der Waals surface area contributed by atoms with E-state index in [0.717, 1.165) is 24.1 Å². The van der Waals surface area contributed by atoms with Crippen molar-refractivity contribution in [3.8, 4) is 5.88 Å². The van der Waals surface area contributed by atoms with Gasteiger partial charge in [-0.05, 0) is 49.1 Å². The van der Waals surface area contributed by atoms with Gasteiger partial charge in [-0.1, -0.05) is 20.8 Å². The van der Waals surface area contributed by atoms with E-state index in [9.17, 15) is 5.11 Å². The Labute approximate surface area is 116 Å². The van der Waals surface area contributed by atoms with E-state index in [-0.39, 0.29) is 12.7 Å². The lowest BCUT2D eigenvalue weighted by molar-refractivity contribution is 0.0530. The third-order valence-electron chi connectivity index (χ3n) is 3.81. The zero-order chi connectivity index (χ0) is 14.0. The van der Waals surface area contributed by atoms with Crippen molar-refractivity contribution in [2.45, 2.75) is 59.7 Å². The summed E-state index contributed by atoms with van der Waals surface area (Å²) in [6.07, 6.45) is 3.66. The van der Waals surface area contributed by atoms with Crippen molar-refractivity contribution in [2.24, 2.45) is 11.3 Å². The fourth-order valence-corrected chi connectivity index (χ4v) is 3.38. The van der Waals surface area contributed by atoms with Crippen molar-refractivity contribution in [1.29, 1.82) is 0 Å². The van der Waals surface area contributed by atoms with Crippen LogP contribution in [0, 0.1) is 18.3 Å². The minimum absolute atomic E-state index is 0.0340. The number of aliphatic hydroxyl groups excluding tert-OH is 1. The van der Waals surface area contributed by atoms with E-state index in [4.69, 9.17) is 4.74 Å². The molecule has 0 saturated heterocycles. The molecular formula is C16H25NO2. The summed E-state index contributed by atoms with van der Waals surface area (Å²) in [5.41, 5.74) is 2.10. The number of hydrogen-bond acceptors (Lipinski definition) is 3. The highest BCUT2D eigenvalue weighted by Crippen LogP contribution is 2.39. The van der Waals surface area contributed by atoms with Crippen molar-refractivity contribution < 1.29 is 9.84 Å². The number of aromatic nitrogens is 1. The number of ether oxygens (including phenoxy) is 1. The van der Waals surface area contributed by atoms with Crippen LogP contribution in [0.25, 0.3) is 0 Å². The first-order chi connectivity index (χ1) is 8.88. The first-order valence-electron chi connectivity index (χ1n) is 7.13. The maximum absolute atomic E-state index is 9.23. The number of nitrogens with zero attached hydrogens (tertiary/aromatic N) is 1. The number of rotatable bonds is 3. The van der Waals surface area contributed by atoms with Gasteiger partial charge in [0.25, 0.3) is 0 Å². The van der Waals surface area contributed by atoms with E-state index in [2.05, 4.69) is 25.8 Å². The Morgan fingerprint density at radius 3 is 2.74 bits per heavy atom. The average Bonchev–Trinajstić information content (AvgIpc) is 2.24. The summed E-state index contributed by atoms with van der Waals surface area (Å²) in [5, 5.41) is 9.23. The van der Waals surface area contributed by atoms with E-state index in [0.29, 0.717) is 17.2 Å². The summed E-state index contributed by atoms with van der Waals surface area (Å²) in [5.74, 6) is 1.34. The molecule has 0 radical (unpaired) electrons. The van der Waals surface area contributed by atoms with Gasteiger partial charge in [0.2, 0.25) is 5.88 Å². The van der Waals surface area contributed by atoms with Crippen molar-refractivity contribution in [2.75, 3.05) is 0 Å². The summed E-state index contributed by atoms with van der Waals surface area (Å²) < 4.78 is 6.06. The van der Waals surface area contributed by atoms with Crippen LogP contribution in [0.5, 0.6) is 5.88 Å². The van der Waals surface area contributed by atoms with E-state index in [1.807, 2.05) is 19.1 Å². The summed E-state index contributed by atoms with van der Waals surface area (Å²) >= 11 is 0. The zero-order valence-electron chi connectivity index (χ0n) is 12.4. The molecule has 1 fully saturated rings. The third kappa shape index (κ3) is 3.93. The molecule has 2 rings (SSSR count). The minimum Gasteiger partial charge on any atom is -0.474 e. The van der Waals surface area contributed by atoms with Crippen LogP contribution in [0.15, 0.2) is 12.1 Å². The molecule has 0 aromatic carbocycles. The molecule has 1 aliphatic rings. The molecule has 0 aliphatic heterocycles. The van der Waals surface area contributed by atoms with E-state index < -0.39 is 0 Å². The Hall–Kier alpha value is -1.09. The second-order valence-electron chi connectivity index (χ2n) is 6.77. The van der Waals surface area contributed by atoms with Gasteiger partial charge in [-0.3, -0.25) is 0 Å². The van der Waals surface area contributed by atoms with Gasteiger partial charge in [-0.2, -0.15) is 0 Å². The van der Waals surface area contributed by atoms with Crippen LogP contribution in [0.2, 0.25) is 0 Å². The standard InChI is InChI=1S/C16H25NO2/c1-11-5-14(9-16(3,4)8-11)19-15-7-13(10-18)6-12(2)17-15/h6-7,11,14,18H,5,8-10H2,1-4H3. The van der Waals surface area contributed by atoms with E-state index in [1.54, 1.807) is 0 Å². The molecule has 2 unspecified atom stereocenters. The van der Waals surface area contributed by atoms with Crippen molar-refractivity contribution in [3.63, 3.8) is 0 Å². The van der Waals surface area contributed by atoms with E-state index in [1.165, 1.54) is 6.42 Å². The Kier molecular flexibility index (Phi) is 4.14. The highest BCUT2D eigenvalue weighted by Gasteiger charge is 2.33. The minimum atomic E-state index is 0.0340. The molecule has 1 heterocycles. The van der Waals surface area contributed by atoms with Crippen molar-refractivity contribution in [1.82, 2.24) is 4.98 Å². The Morgan fingerprint density at radius 2 is 2.11 bits per heavy atom. The number of pyridine rings is 1. The quantitative estimate of drug-likeness (QED) is 0.908. The second-order valence-corrected chi connectivity index (χ2v) is 6.77. The van der Waals surface area contributed by atoms with Crippen LogP contribution in [-0.2, 0) is 6.61 Å². The molecule has 1 aromatic heterocycles. The van der Waals surface area contributed by atoms with Crippen molar-refractivity contribution in [3.05, 3.63) is 23.4 Å². The van der Waals surface area contributed by atoms with Crippen LogP contribution < -0.4 is 4.74 Å². The largest absolute Gasteiger partial charge is 0.474 e. The van der Waals surface area contributed by atoms with Gasteiger partial charge in [0.1, 0.15) is 6.10 Å². The maximum atomic E-state index is 9.23. The van der Waals surface area contributed by atoms with Gasteiger partial charge >= 0.3 is 0 Å². The molecule has 1 aliphatic carbocycles. The Balaban J connectivity index is 2.10. The molecule has 1 saturated carbocycles. The molecule has 19 heavy (non-hydrogen) atoms. The average molecular weight is 263 g/mol. The molecule has 1 aromatic rings. The smallest absolute Gasteiger partial charge is 0.214 e. The first-order valence-corrected chi connectivity index (χ1v) is 7.13. The normalized spacial score (nSPS) is 26.2. The first kappa shape index (κ1) is 14.3. The molecule has 0 bridgehead atoms. The molecule has 106 valence electrons. The molecule has 1 N–H and O–H groups in total.